The van der Waals surface area contributed by atoms with Gasteiger partial charge < -0.3 is 14.8 Å². The van der Waals surface area contributed by atoms with E-state index in [1.165, 1.54) is 7.11 Å². The Morgan fingerprint density at radius 1 is 1.16 bits per heavy atom. The monoisotopic (exact) mass is 329 g/mol. The van der Waals surface area contributed by atoms with Gasteiger partial charge in [0.25, 0.3) is 0 Å². The number of carbonyl (C=O) groups excluding carboxylic acids is 1. The molecule has 0 saturated carbocycles. The maximum Gasteiger partial charge on any atom is 0.307 e. The lowest BCUT2D eigenvalue weighted by Crippen LogP contribution is -2.12. The molecule has 1 aromatic carbocycles. The van der Waals surface area contributed by atoms with Crippen LogP contribution in [-0.2, 0) is 9.53 Å². The zero-order valence-corrected chi connectivity index (χ0v) is 13.6. The van der Waals surface area contributed by atoms with Crippen molar-refractivity contribution >= 4 is 27.6 Å². The summed E-state index contributed by atoms with van der Waals surface area (Å²) in [7, 11) is 3.04. The van der Waals surface area contributed by atoms with Crippen LogP contribution in [0, 0.1) is 20.8 Å². The van der Waals surface area contributed by atoms with Crippen LogP contribution in [0.15, 0.2) is 4.47 Å². The van der Waals surface area contributed by atoms with Gasteiger partial charge in [0, 0.05) is 11.0 Å². The average molecular weight is 330 g/mol. The summed E-state index contributed by atoms with van der Waals surface area (Å²) < 4.78 is 11.2. The van der Waals surface area contributed by atoms with Crippen LogP contribution in [0.2, 0.25) is 0 Å². The third kappa shape index (κ3) is 3.41. The Bertz CT molecular complexity index is 486. The molecule has 0 aliphatic rings. The van der Waals surface area contributed by atoms with Crippen LogP contribution in [0.4, 0.5) is 5.69 Å². The van der Waals surface area contributed by atoms with E-state index in [4.69, 9.17) is 4.74 Å². The van der Waals surface area contributed by atoms with Crippen molar-refractivity contribution in [1.29, 1.82) is 0 Å². The molecule has 4 nitrogen and oxygen atoms in total. The quantitative estimate of drug-likeness (QED) is 0.841. The molecule has 0 radical (unpaired) electrons. The molecule has 0 aliphatic carbocycles. The Morgan fingerprint density at radius 2 is 1.79 bits per heavy atom. The molecule has 1 N–H and O–H groups in total. The SMILES string of the molecule is COC(=O)CCNc1c(C)c(Br)c(C)c(C)c1OC. The summed E-state index contributed by atoms with van der Waals surface area (Å²) >= 11 is 3.59. The van der Waals surface area contributed by atoms with Gasteiger partial charge in [0.05, 0.1) is 26.3 Å². The maximum atomic E-state index is 11.1. The molecule has 0 spiro atoms. The second-order valence-electron chi connectivity index (χ2n) is 4.35. The highest BCUT2D eigenvalue weighted by atomic mass is 79.9. The van der Waals surface area contributed by atoms with Crippen molar-refractivity contribution in [2.45, 2.75) is 27.2 Å². The molecule has 0 heterocycles. The minimum atomic E-state index is -0.230. The number of carbonyl (C=O) groups is 1. The van der Waals surface area contributed by atoms with Gasteiger partial charge in [0.1, 0.15) is 5.75 Å². The first-order valence-electron chi connectivity index (χ1n) is 6.07. The fraction of sp³-hybridized carbons (Fsp3) is 0.500. The Labute approximate surface area is 122 Å². The second kappa shape index (κ2) is 6.80. The van der Waals surface area contributed by atoms with Gasteiger partial charge in [-0.15, -0.1) is 0 Å². The summed E-state index contributed by atoms with van der Waals surface area (Å²) in [6, 6.07) is 0. The van der Waals surface area contributed by atoms with Gasteiger partial charge in [0.2, 0.25) is 0 Å². The minimum absolute atomic E-state index is 0.230. The number of esters is 1. The predicted octanol–water partition coefficient (Wildman–Crippen LogP) is 3.36. The summed E-state index contributed by atoms with van der Waals surface area (Å²) in [5, 5.41) is 3.25. The van der Waals surface area contributed by atoms with Crippen molar-refractivity contribution in [3.05, 3.63) is 21.2 Å². The molecular formula is C14H20BrNO3. The molecule has 0 bridgehead atoms. The van der Waals surface area contributed by atoms with Crippen molar-refractivity contribution in [2.24, 2.45) is 0 Å². The first kappa shape index (κ1) is 15.8. The van der Waals surface area contributed by atoms with Crippen LogP contribution in [0.25, 0.3) is 0 Å². The predicted molar refractivity (Wildman–Crippen MR) is 80.0 cm³/mol. The van der Waals surface area contributed by atoms with E-state index in [0.29, 0.717) is 13.0 Å². The fourth-order valence-corrected chi connectivity index (χ4v) is 2.44. The lowest BCUT2D eigenvalue weighted by molar-refractivity contribution is -0.140. The molecule has 0 aromatic heterocycles. The van der Waals surface area contributed by atoms with Crippen molar-refractivity contribution in [2.75, 3.05) is 26.1 Å². The lowest BCUT2D eigenvalue weighted by Gasteiger charge is -2.19. The molecule has 1 aromatic rings. The Balaban J connectivity index is 3.02. The van der Waals surface area contributed by atoms with Crippen LogP contribution in [0.1, 0.15) is 23.1 Å². The van der Waals surface area contributed by atoms with Crippen molar-refractivity contribution in [3.63, 3.8) is 0 Å². The number of hydrogen-bond acceptors (Lipinski definition) is 4. The van der Waals surface area contributed by atoms with E-state index >= 15 is 0 Å². The van der Waals surface area contributed by atoms with E-state index in [2.05, 4.69) is 26.0 Å². The van der Waals surface area contributed by atoms with Crippen LogP contribution >= 0.6 is 15.9 Å². The standard InChI is InChI=1S/C14H20BrNO3/c1-8-9(2)14(19-5)13(10(3)12(8)15)16-7-6-11(17)18-4/h16H,6-7H2,1-5H3. The molecule has 1 rings (SSSR count). The molecular weight excluding hydrogens is 310 g/mol. The summed E-state index contributed by atoms with van der Waals surface area (Å²) in [5.74, 6) is 0.593. The highest BCUT2D eigenvalue weighted by molar-refractivity contribution is 9.10. The third-order valence-corrected chi connectivity index (χ3v) is 4.42. The second-order valence-corrected chi connectivity index (χ2v) is 5.14. The summed E-state index contributed by atoms with van der Waals surface area (Å²) in [4.78, 5) is 11.1. The molecule has 19 heavy (non-hydrogen) atoms. The van der Waals surface area contributed by atoms with Crippen LogP contribution < -0.4 is 10.1 Å². The molecule has 106 valence electrons. The highest BCUT2D eigenvalue weighted by Gasteiger charge is 2.16. The lowest BCUT2D eigenvalue weighted by atomic mass is 10.0. The smallest absolute Gasteiger partial charge is 0.307 e. The zero-order chi connectivity index (χ0) is 14.6. The molecule has 0 fully saturated rings. The van der Waals surface area contributed by atoms with E-state index in [0.717, 1.165) is 32.6 Å². The molecule has 5 heteroatoms. The summed E-state index contributed by atoms with van der Waals surface area (Å²) in [5.41, 5.74) is 4.24. The van der Waals surface area contributed by atoms with Gasteiger partial charge in [-0.1, -0.05) is 15.9 Å². The molecule has 0 amide bonds. The number of nitrogens with one attached hydrogen (secondary N) is 1. The molecule has 0 atom stereocenters. The number of rotatable bonds is 5. The Kier molecular flexibility index (Phi) is 5.66. The van der Waals surface area contributed by atoms with Crippen molar-refractivity contribution in [1.82, 2.24) is 0 Å². The third-order valence-electron chi connectivity index (χ3n) is 3.23. The van der Waals surface area contributed by atoms with Crippen molar-refractivity contribution < 1.29 is 14.3 Å². The Hall–Kier alpha value is -1.23. The highest BCUT2D eigenvalue weighted by Crippen LogP contribution is 2.39. The summed E-state index contributed by atoms with van der Waals surface area (Å²) in [6.45, 7) is 6.59. The van der Waals surface area contributed by atoms with Gasteiger partial charge in [-0.2, -0.15) is 0 Å². The van der Waals surface area contributed by atoms with Gasteiger partial charge in [-0.05, 0) is 37.5 Å². The largest absolute Gasteiger partial charge is 0.494 e. The van der Waals surface area contributed by atoms with Gasteiger partial charge in [-0.25, -0.2) is 0 Å². The normalized spacial score (nSPS) is 10.2. The topological polar surface area (TPSA) is 47.6 Å². The number of halogens is 1. The molecule has 0 unspecified atom stereocenters. The van der Waals surface area contributed by atoms with E-state index in [1.54, 1.807) is 7.11 Å². The number of anilines is 1. The first-order valence-corrected chi connectivity index (χ1v) is 6.87. The Morgan fingerprint density at radius 3 is 2.32 bits per heavy atom. The van der Waals surface area contributed by atoms with Crippen LogP contribution in [-0.4, -0.2) is 26.7 Å². The van der Waals surface area contributed by atoms with E-state index < -0.39 is 0 Å². The van der Waals surface area contributed by atoms with Gasteiger partial charge >= 0.3 is 5.97 Å². The fourth-order valence-electron chi connectivity index (χ4n) is 1.94. The minimum Gasteiger partial charge on any atom is -0.494 e. The molecule has 0 saturated heterocycles. The number of hydrogen-bond donors (Lipinski definition) is 1. The van der Waals surface area contributed by atoms with E-state index in [9.17, 15) is 4.79 Å². The number of benzene rings is 1. The number of methoxy groups -OCH3 is 2. The van der Waals surface area contributed by atoms with Gasteiger partial charge in [0.15, 0.2) is 0 Å². The van der Waals surface area contributed by atoms with Crippen LogP contribution in [0.3, 0.4) is 0 Å². The number of ether oxygens (including phenoxy) is 2. The average Bonchev–Trinajstić information content (AvgIpc) is 2.41. The van der Waals surface area contributed by atoms with E-state index in [1.807, 2.05) is 20.8 Å². The van der Waals surface area contributed by atoms with Crippen LogP contribution in [0.5, 0.6) is 5.75 Å². The first-order chi connectivity index (χ1) is 8.93. The summed E-state index contributed by atoms with van der Waals surface area (Å²) in [6.07, 6.45) is 0.323. The van der Waals surface area contributed by atoms with E-state index in [-0.39, 0.29) is 5.97 Å². The molecule has 0 aliphatic heterocycles. The van der Waals surface area contributed by atoms with Gasteiger partial charge in [-0.3, -0.25) is 4.79 Å². The maximum absolute atomic E-state index is 11.1. The van der Waals surface area contributed by atoms with Crippen molar-refractivity contribution in [3.8, 4) is 5.75 Å². The zero-order valence-electron chi connectivity index (χ0n) is 12.0.